The highest BCUT2D eigenvalue weighted by Gasteiger charge is 2.31. The largest absolute Gasteiger partial charge is 0.507 e. The van der Waals surface area contributed by atoms with Crippen molar-refractivity contribution in [2.75, 3.05) is 69.3 Å². The van der Waals surface area contributed by atoms with Crippen molar-refractivity contribution < 1.29 is 49.4 Å². The van der Waals surface area contributed by atoms with Gasteiger partial charge in [-0.2, -0.15) is 0 Å². The van der Waals surface area contributed by atoms with Crippen molar-refractivity contribution in [3.05, 3.63) is 96.1 Å². The number of rotatable bonds is 10. The van der Waals surface area contributed by atoms with E-state index in [-0.39, 0.29) is 17.9 Å². The Morgan fingerprint density at radius 3 is 1.37 bits per heavy atom. The standard InChI is InChI=1S/C24H26N4O5.C23H24N4O5/c1-15-7-8-16-18(13-15)25-22(17-5-3-4-6-19(17)29)26-23(16)27-9-11-28(12-10-27)24(32)20(30)14-21(31)33-2;1-14-6-7-15-17(12-14)24-21(16-4-2-3-5-18(16)28)25-22(15)26-8-10-27(11-9-26)23(32)19(29)13-20(30)31/h3-8,13,20,29-30H,9-12,14H2,1-2H3;2-7,12,19,28-29H,8-11,13H2,1H3,(H,30,31)/t20-;19-/m11/s1. The Morgan fingerprint density at radius 2 is 0.985 bits per heavy atom. The topological polar surface area (TPSA) is 243 Å². The van der Waals surface area contributed by atoms with Gasteiger partial charge in [0.1, 0.15) is 35.3 Å². The van der Waals surface area contributed by atoms with Crippen LogP contribution in [0.25, 0.3) is 44.6 Å². The van der Waals surface area contributed by atoms with Gasteiger partial charge in [-0.05, 0) is 73.5 Å². The van der Waals surface area contributed by atoms with Gasteiger partial charge in [0.2, 0.25) is 0 Å². The predicted molar refractivity (Wildman–Crippen MR) is 241 cm³/mol. The number of fused-ring (bicyclic) bond motifs is 2. The number of hydrogen-bond acceptors (Lipinski definition) is 15. The number of anilines is 2. The summed E-state index contributed by atoms with van der Waals surface area (Å²) >= 11 is 0. The summed E-state index contributed by atoms with van der Waals surface area (Å²) in [7, 11) is 1.22. The molecule has 2 saturated heterocycles. The van der Waals surface area contributed by atoms with Crippen LogP contribution in [0, 0.1) is 13.8 Å². The van der Waals surface area contributed by atoms with Gasteiger partial charge < -0.3 is 49.9 Å². The van der Waals surface area contributed by atoms with E-state index in [0.717, 1.165) is 38.8 Å². The maximum Gasteiger partial charge on any atom is 0.308 e. The second kappa shape index (κ2) is 19.9. The van der Waals surface area contributed by atoms with Crippen LogP contribution in [0.5, 0.6) is 11.5 Å². The number of esters is 1. The predicted octanol–water partition coefficient (Wildman–Crippen LogP) is 3.68. The Bertz CT molecular complexity index is 2740. The quantitative estimate of drug-likeness (QED) is 0.123. The van der Waals surface area contributed by atoms with Crippen molar-refractivity contribution in [3.8, 4) is 34.3 Å². The minimum absolute atomic E-state index is 0.0910. The molecule has 2 aromatic heterocycles. The highest BCUT2D eigenvalue weighted by Crippen LogP contribution is 2.34. The van der Waals surface area contributed by atoms with Crippen molar-refractivity contribution in [1.82, 2.24) is 29.7 Å². The fourth-order valence-electron chi connectivity index (χ4n) is 7.77. The lowest BCUT2D eigenvalue weighted by atomic mass is 10.1. The molecule has 0 bridgehead atoms. The number of carboxylic acids is 1. The Morgan fingerprint density at radius 1 is 0.585 bits per heavy atom. The van der Waals surface area contributed by atoms with E-state index < -0.39 is 42.4 Å². The molecule has 2 aliphatic heterocycles. The number of aryl methyl sites for hydroxylation is 2. The molecule has 2 atom stereocenters. The summed E-state index contributed by atoms with van der Waals surface area (Å²) in [6.45, 7) is 7.31. The van der Waals surface area contributed by atoms with Crippen LogP contribution < -0.4 is 9.80 Å². The molecule has 6 aromatic rings. The molecule has 0 saturated carbocycles. The Labute approximate surface area is 374 Å². The van der Waals surface area contributed by atoms with Gasteiger partial charge in [0.05, 0.1) is 42.1 Å². The second-order valence-electron chi connectivity index (χ2n) is 15.9. The summed E-state index contributed by atoms with van der Waals surface area (Å²) in [5, 5.41) is 51.1. The first-order valence-corrected chi connectivity index (χ1v) is 21.1. The number of aliphatic carboxylic acids is 1. The molecule has 2 aliphatic rings. The number of benzene rings is 4. The highest BCUT2D eigenvalue weighted by atomic mass is 16.5. The monoisotopic (exact) mass is 886 g/mol. The van der Waals surface area contributed by atoms with E-state index in [9.17, 15) is 39.6 Å². The maximum absolute atomic E-state index is 12.5. The van der Waals surface area contributed by atoms with E-state index in [4.69, 9.17) is 15.1 Å². The third kappa shape index (κ3) is 10.5. The lowest BCUT2D eigenvalue weighted by Gasteiger charge is -2.36. The number of phenols is 2. The third-order valence-electron chi connectivity index (χ3n) is 11.3. The summed E-state index contributed by atoms with van der Waals surface area (Å²) in [5.41, 5.74) is 4.71. The number of carboxylic acid groups (broad SMARTS) is 1. The zero-order valence-corrected chi connectivity index (χ0v) is 36.2. The average Bonchev–Trinajstić information content (AvgIpc) is 3.30. The van der Waals surface area contributed by atoms with Crippen LogP contribution in [-0.4, -0.2) is 151 Å². The summed E-state index contributed by atoms with van der Waals surface area (Å²) in [4.78, 5) is 73.0. The molecule has 18 heteroatoms. The zero-order valence-electron chi connectivity index (χ0n) is 36.2. The van der Waals surface area contributed by atoms with Crippen LogP contribution in [-0.2, 0) is 23.9 Å². The molecular formula is C47H50N8O10. The van der Waals surface area contributed by atoms with Gasteiger partial charge in [-0.15, -0.1) is 0 Å². The van der Waals surface area contributed by atoms with Crippen molar-refractivity contribution in [2.45, 2.75) is 38.9 Å². The van der Waals surface area contributed by atoms with E-state index in [1.165, 1.54) is 12.0 Å². The van der Waals surface area contributed by atoms with E-state index in [0.29, 0.717) is 81.0 Å². The summed E-state index contributed by atoms with van der Waals surface area (Å²) in [6.07, 6.45) is -3.94. The minimum atomic E-state index is -1.55. The summed E-state index contributed by atoms with van der Waals surface area (Å²) in [5.74, 6) is -0.466. The lowest BCUT2D eigenvalue weighted by Crippen LogP contribution is -2.52. The second-order valence-corrected chi connectivity index (χ2v) is 15.9. The highest BCUT2D eigenvalue weighted by molar-refractivity contribution is 5.93. The fraction of sp³-hybridized carbons (Fsp3) is 0.319. The molecule has 4 aromatic carbocycles. The molecule has 8 rings (SSSR count). The molecule has 2 amide bonds. The molecule has 0 spiro atoms. The number of amides is 2. The molecule has 65 heavy (non-hydrogen) atoms. The van der Waals surface area contributed by atoms with Gasteiger partial charge >= 0.3 is 11.9 Å². The van der Waals surface area contributed by atoms with Crippen LogP contribution in [0.4, 0.5) is 11.6 Å². The minimum Gasteiger partial charge on any atom is -0.507 e. The Hall–Kier alpha value is -7.44. The number of hydrogen-bond donors (Lipinski definition) is 5. The smallest absolute Gasteiger partial charge is 0.308 e. The van der Waals surface area contributed by atoms with E-state index in [1.807, 2.05) is 67.3 Å². The number of aliphatic hydroxyl groups excluding tert-OH is 2. The van der Waals surface area contributed by atoms with Gasteiger partial charge in [0.15, 0.2) is 11.6 Å². The van der Waals surface area contributed by atoms with Gasteiger partial charge in [-0.1, -0.05) is 36.4 Å². The van der Waals surface area contributed by atoms with Gasteiger partial charge in [0.25, 0.3) is 11.8 Å². The first kappa shape index (κ1) is 45.6. The van der Waals surface area contributed by atoms with Crippen LogP contribution in [0.1, 0.15) is 24.0 Å². The summed E-state index contributed by atoms with van der Waals surface area (Å²) in [6, 6.07) is 25.7. The third-order valence-corrected chi connectivity index (χ3v) is 11.3. The number of aliphatic hydroxyl groups is 2. The number of ether oxygens (including phenoxy) is 1. The number of para-hydroxylation sites is 2. The molecule has 2 fully saturated rings. The van der Waals surface area contributed by atoms with E-state index in [2.05, 4.69) is 19.6 Å². The van der Waals surface area contributed by atoms with E-state index >= 15 is 0 Å². The first-order valence-electron chi connectivity index (χ1n) is 21.1. The summed E-state index contributed by atoms with van der Waals surface area (Å²) < 4.78 is 4.53. The number of piperazine rings is 2. The Balaban J connectivity index is 0.000000194. The molecule has 5 N–H and O–H groups in total. The number of nitrogens with zero attached hydrogens (tertiary/aromatic N) is 8. The molecule has 4 heterocycles. The van der Waals surface area contributed by atoms with Crippen molar-refractivity contribution in [2.24, 2.45) is 0 Å². The fourth-order valence-corrected chi connectivity index (χ4v) is 7.77. The van der Waals surface area contributed by atoms with Gasteiger partial charge in [-0.3, -0.25) is 19.2 Å². The maximum atomic E-state index is 12.5. The average molecular weight is 887 g/mol. The van der Waals surface area contributed by atoms with Crippen LogP contribution in [0.3, 0.4) is 0 Å². The van der Waals surface area contributed by atoms with Gasteiger partial charge in [-0.25, -0.2) is 19.9 Å². The number of carbonyl (C=O) groups excluding carboxylic acids is 3. The van der Waals surface area contributed by atoms with Crippen LogP contribution in [0.15, 0.2) is 84.9 Å². The molecule has 0 unspecified atom stereocenters. The van der Waals surface area contributed by atoms with E-state index in [1.54, 1.807) is 41.3 Å². The number of phenolic OH excluding ortho intramolecular Hbond substituents is 2. The van der Waals surface area contributed by atoms with Crippen LogP contribution in [0.2, 0.25) is 0 Å². The van der Waals surface area contributed by atoms with Crippen molar-refractivity contribution in [1.29, 1.82) is 0 Å². The van der Waals surface area contributed by atoms with Gasteiger partial charge in [0, 0.05) is 63.1 Å². The number of aromatic hydroxyl groups is 2. The number of aromatic nitrogens is 4. The SMILES string of the molecule is COC(=O)C[C@@H](O)C(=O)N1CCN(c2nc(-c3ccccc3O)nc3cc(C)ccc23)CC1.Cc1ccc2c(N3CCN(C(=O)[C@H](O)CC(=O)O)CC3)nc(-c3ccccc3O)nc2c1. The molecule has 0 radical (unpaired) electrons. The van der Waals surface area contributed by atoms with Crippen molar-refractivity contribution >= 4 is 57.2 Å². The van der Waals surface area contributed by atoms with Crippen LogP contribution >= 0.6 is 0 Å². The first-order chi connectivity index (χ1) is 31.2. The molecule has 0 aliphatic carbocycles. The normalized spacial score (nSPS) is 15.0. The Kier molecular flexibility index (Phi) is 14.0. The number of carbonyl (C=O) groups is 4. The molecule has 338 valence electrons. The molecular weight excluding hydrogens is 837 g/mol. The lowest BCUT2D eigenvalue weighted by molar-refractivity contribution is -0.150. The zero-order chi connectivity index (χ0) is 46.4. The van der Waals surface area contributed by atoms with Crippen molar-refractivity contribution in [3.63, 3.8) is 0 Å². The number of methoxy groups -OCH3 is 1. The molecule has 18 nitrogen and oxygen atoms in total.